The molecular weight excluding hydrogens is 471 g/mol. The zero-order valence-corrected chi connectivity index (χ0v) is 20.5. The van der Waals surface area contributed by atoms with E-state index >= 15 is 4.39 Å². The Bertz CT molecular complexity index is 1190. The molecule has 1 fully saturated rings. The van der Waals surface area contributed by atoms with Crippen molar-refractivity contribution in [1.82, 2.24) is 24.8 Å². The van der Waals surface area contributed by atoms with E-state index in [1.54, 1.807) is 23.2 Å². The summed E-state index contributed by atoms with van der Waals surface area (Å²) in [5, 5.41) is 9.39. The number of aliphatic hydroxyl groups excluding tert-OH is 1. The summed E-state index contributed by atoms with van der Waals surface area (Å²) in [7, 11) is 0. The first kappa shape index (κ1) is 25.0. The Kier molecular flexibility index (Phi) is 7.59. The van der Waals surface area contributed by atoms with Crippen molar-refractivity contribution in [2.75, 3.05) is 38.5 Å². The number of aromatic nitrogens is 3. The lowest BCUT2D eigenvalue weighted by atomic mass is 9.96. The van der Waals surface area contributed by atoms with Gasteiger partial charge in [-0.3, -0.25) is 9.69 Å². The van der Waals surface area contributed by atoms with Gasteiger partial charge < -0.3 is 15.7 Å². The summed E-state index contributed by atoms with van der Waals surface area (Å²) in [5.74, 6) is -0.772. The van der Waals surface area contributed by atoms with E-state index in [2.05, 4.69) is 19.9 Å². The number of benzene rings is 1. The van der Waals surface area contributed by atoms with Gasteiger partial charge in [-0.25, -0.2) is 19.3 Å². The van der Waals surface area contributed by atoms with Gasteiger partial charge in [-0.2, -0.15) is 0 Å². The number of halogens is 2. The summed E-state index contributed by atoms with van der Waals surface area (Å²) < 4.78 is 15.4. The molecule has 3 aromatic rings. The van der Waals surface area contributed by atoms with Crippen molar-refractivity contribution in [1.29, 1.82) is 0 Å². The van der Waals surface area contributed by atoms with Crippen molar-refractivity contribution in [3.63, 3.8) is 0 Å². The van der Waals surface area contributed by atoms with E-state index in [-0.39, 0.29) is 23.2 Å². The van der Waals surface area contributed by atoms with E-state index in [0.717, 1.165) is 11.3 Å². The molecule has 1 aliphatic heterocycles. The number of carbonyl (C=O) groups is 1. The third-order valence-electron chi connectivity index (χ3n) is 6.35. The third kappa shape index (κ3) is 5.12. The molecule has 1 aromatic carbocycles. The number of aryl methyl sites for hydroxylation is 1. The highest BCUT2D eigenvalue weighted by atomic mass is 35.5. The van der Waals surface area contributed by atoms with Gasteiger partial charge in [0.1, 0.15) is 18.0 Å². The molecule has 0 bridgehead atoms. The number of carbonyl (C=O) groups excluding carboxylic acids is 1. The summed E-state index contributed by atoms with van der Waals surface area (Å²) in [6.07, 6.45) is 3.69. The lowest BCUT2D eigenvalue weighted by Crippen LogP contribution is -2.52. The van der Waals surface area contributed by atoms with Crippen LogP contribution in [-0.4, -0.2) is 74.6 Å². The SMILES string of the molecule is CCc1ncnc(-c2cc(F)c(C(=O)N3CCN(C(C)CO)CC3)c(Cl)c2)c1-c1ccc(N)nc1. The number of nitrogens with zero attached hydrogens (tertiary/aromatic N) is 5. The number of hydrogen-bond donors (Lipinski definition) is 2. The molecule has 0 aliphatic carbocycles. The third-order valence-corrected chi connectivity index (χ3v) is 6.65. The minimum atomic E-state index is -0.707. The summed E-state index contributed by atoms with van der Waals surface area (Å²) in [6, 6.07) is 6.37. The van der Waals surface area contributed by atoms with E-state index in [1.165, 1.54) is 12.4 Å². The van der Waals surface area contributed by atoms with E-state index < -0.39 is 11.7 Å². The molecule has 1 saturated heterocycles. The minimum absolute atomic E-state index is 0.0122. The van der Waals surface area contributed by atoms with Gasteiger partial charge in [-0.05, 0) is 37.6 Å². The van der Waals surface area contributed by atoms with Gasteiger partial charge in [0.2, 0.25) is 0 Å². The molecule has 0 radical (unpaired) electrons. The van der Waals surface area contributed by atoms with Crippen LogP contribution in [0.15, 0.2) is 36.8 Å². The number of rotatable bonds is 6. The Morgan fingerprint density at radius 1 is 1.17 bits per heavy atom. The number of amides is 1. The van der Waals surface area contributed by atoms with Gasteiger partial charge in [0.15, 0.2) is 0 Å². The van der Waals surface area contributed by atoms with Gasteiger partial charge in [0.05, 0.1) is 28.6 Å². The number of anilines is 1. The largest absolute Gasteiger partial charge is 0.395 e. The maximum atomic E-state index is 15.4. The number of hydrogen-bond acceptors (Lipinski definition) is 7. The Morgan fingerprint density at radius 2 is 1.91 bits per heavy atom. The molecule has 3 N–H and O–H groups in total. The molecule has 1 atom stereocenters. The first-order valence-electron chi connectivity index (χ1n) is 11.5. The molecule has 4 rings (SSSR count). The zero-order chi connectivity index (χ0) is 25.1. The maximum absolute atomic E-state index is 15.4. The van der Waals surface area contributed by atoms with Crippen LogP contribution in [0.5, 0.6) is 0 Å². The number of nitrogens with two attached hydrogens (primary N) is 1. The molecule has 8 nitrogen and oxygen atoms in total. The van der Waals surface area contributed by atoms with Crippen LogP contribution in [0, 0.1) is 5.82 Å². The summed E-state index contributed by atoms with van der Waals surface area (Å²) in [4.78, 5) is 29.8. The topological polar surface area (TPSA) is 108 Å². The molecule has 0 spiro atoms. The number of nitrogen functional groups attached to an aromatic ring is 1. The van der Waals surface area contributed by atoms with Gasteiger partial charge >= 0.3 is 0 Å². The van der Waals surface area contributed by atoms with Gasteiger partial charge in [-0.1, -0.05) is 18.5 Å². The minimum Gasteiger partial charge on any atom is -0.395 e. The van der Waals surface area contributed by atoms with E-state index in [0.29, 0.717) is 55.2 Å². The molecule has 184 valence electrons. The van der Waals surface area contributed by atoms with Crippen molar-refractivity contribution in [2.45, 2.75) is 26.3 Å². The second-order valence-electron chi connectivity index (χ2n) is 8.54. The fraction of sp³-hybridized carbons (Fsp3) is 0.360. The molecule has 2 aromatic heterocycles. The van der Waals surface area contributed by atoms with Gasteiger partial charge in [-0.15, -0.1) is 0 Å². The predicted octanol–water partition coefficient (Wildman–Crippen LogP) is 3.28. The van der Waals surface area contributed by atoms with E-state index in [1.807, 2.05) is 19.9 Å². The van der Waals surface area contributed by atoms with E-state index in [9.17, 15) is 9.90 Å². The van der Waals surface area contributed by atoms with Crippen LogP contribution < -0.4 is 5.73 Å². The number of pyridine rings is 1. The smallest absolute Gasteiger partial charge is 0.258 e. The highest BCUT2D eigenvalue weighted by molar-refractivity contribution is 6.34. The Morgan fingerprint density at radius 3 is 2.51 bits per heavy atom. The van der Waals surface area contributed by atoms with Crippen LogP contribution >= 0.6 is 11.6 Å². The lowest BCUT2D eigenvalue weighted by molar-refractivity contribution is 0.0508. The van der Waals surface area contributed by atoms with Crippen molar-refractivity contribution >= 4 is 23.3 Å². The Hall–Kier alpha value is -3.14. The van der Waals surface area contributed by atoms with Crippen LogP contribution in [0.3, 0.4) is 0 Å². The quantitative estimate of drug-likeness (QED) is 0.536. The molecule has 1 aliphatic rings. The molecule has 3 heterocycles. The zero-order valence-electron chi connectivity index (χ0n) is 19.7. The lowest BCUT2D eigenvalue weighted by Gasteiger charge is -2.37. The fourth-order valence-corrected chi connectivity index (χ4v) is 4.61. The summed E-state index contributed by atoms with van der Waals surface area (Å²) in [6.45, 7) is 6.01. The van der Waals surface area contributed by atoms with Crippen molar-refractivity contribution in [3.8, 4) is 22.4 Å². The Balaban J connectivity index is 1.67. The second kappa shape index (κ2) is 10.6. The van der Waals surface area contributed by atoms with Gasteiger partial charge in [0, 0.05) is 55.1 Å². The summed E-state index contributed by atoms with van der Waals surface area (Å²) >= 11 is 6.49. The molecule has 1 amide bonds. The van der Waals surface area contributed by atoms with E-state index in [4.69, 9.17) is 17.3 Å². The Labute approximate surface area is 208 Å². The standard InChI is InChI=1S/C25H28ClFN6O2/c1-3-20-22(16-4-5-21(28)29-12-16)24(31-14-30-20)17-10-18(26)23(19(27)11-17)25(35)33-8-6-32(7-9-33)15(2)13-34/h4-5,10-12,14-15,34H,3,6-9,13H2,1-2H3,(H2,28,29). The molecule has 10 heteroatoms. The molecular formula is C25H28ClFN6O2. The second-order valence-corrected chi connectivity index (χ2v) is 8.95. The normalized spacial score (nSPS) is 15.3. The fourth-order valence-electron chi connectivity index (χ4n) is 4.32. The van der Waals surface area contributed by atoms with Gasteiger partial charge in [0.25, 0.3) is 5.91 Å². The average molecular weight is 499 g/mol. The molecule has 35 heavy (non-hydrogen) atoms. The molecule has 0 saturated carbocycles. The predicted molar refractivity (Wildman–Crippen MR) is 133 cm³/mol. The highest BCUT2D eigenvalue weighted by Crippen LogP contribution is 2.35. The number of piperazine rings is 1. The summed E-state index contributed by atoms with van der Waals surface area (Å²) in [5.41, 5.74) is 8.76. The average Bonchev–Trinajstić information content (AvgIpc) is 2.87. The van der Waals surface area contributed by atoms with Crippen LogP contribution in [0.1, 0.15) is 29.9 Å². The number of aliphatic hydroxyl groups is 1. The van der Waals surface area contributed by atoms with Crippen LogP contribution in [0.25, 0.3) is 22.4 Å². The van der Waals surface area contributed by atoms with Crippen LogP contribution in [0.4, 0.5) is 10.2 Å². The monoisotopic (exact) mass is 498 g/mol. The van der Waals surface area contributed by atoms with Crippen molar-refractivity contribution in [2.24, 2.45) is 0 Å². The highest BCUT2D eigenvalue weighted by Gasteiger charge is 2.28. The van der Waals surface area contributed by atoms with Crippen molar-refractivity contribution < 1.29 is 14.3 Å². The van der Waals surface area contributed by atoms with Crippen LogP contribution in [-0.2, 0) is 6.42 Å². The van der Waals surface area contributed by atoms with Crippen LogP contribution in [0.2, 0.25) is 5.02 Å². The first-order valence-corrected chi connectivity index (χ1v) is 11.9. The van der Waals surface area contributed by atoms with Crippen molar-refractivity contribution in [3.05, 3.63) is 58.9 Å². The first-order chi connectivity index (χ1) is 16.8. The maximum Gasteiger partial charge on any atom is 0.258 e. The molecule has 1 unspecified atom stereocenters.